The lowest BCUT2D eigenvalue weighted by molar-refractivity contribution is 0.0686. The molecule has 90 valence electrons. The maximum absolute atomic E-state index is 11.8. The van der Waals surface area contributed by atoms with Gasteiger partial charge in [0.1, 0.15) is 4.90 Å². The predicted octanol–water partition coefficient (Wildman–Crippen LogP) is -0.829. The van der Waals surface area contributed by atoms with Gasteiger partial charge in [-0.25, -0.2) is 18.2 Å². The second-order valence-electron chi connectivity index (χ2n) is 3.32. The first-order chi connectivity index (χ1) is 7.25. The Labute approximate surface area is 92.3 Å². The number of nitrogens with zero attached hydrogens (tertiary/aromatic N) is 2. The molecule has 3 N–H and O–H groups in total. The molecule has 9 heteroatoms. The maximum Gasteiger partial charge on any atom is 0.357 e. The lowest BCUT2D eigenvalue weighted by atomic mass is 10.4. The topological polar surface area (TPSA) is 115 Å². The molecule has 0 unspecified atom stereocenters. The van der Waals surface area contributed by atoms with Gasteiger partial charge >= 0.3 is 5.97 Å². The summed E-state index contributed by atoms with van der Waals surface area (Å²) in [7, 11) is -0.962. The van der Waals surface area contributed by atoms with Gasteiger partial charge in [-0.1, -0.05) is 0 Å². The smallest absolute Gasteiger partial charge is 0.357 e. The van der Waals surface area contributed by atoms with Gasteiger partial charge in [0.25, 0.3) is 10.0 Å². The van der Waals surface area contributed by atoms with Gasteiger partial charge in [-0.15, -0.1) is 4.83 Å². The number of hydrogen-bond donors (Lipinski definition) is 3. The number of aryl methyl sites for hydroxylation is 1. The molecule has 16 heavy (non-hydrogen) atoms. The Morgan fingerprint density at radius 3 is 2.50 bits per heavy atom. The molecule has 0 atom stereocenters. The fourth-order valence-electron chi connectivity index (χ4n) is 1.18. The second-order valence-corrected chi connectivity index (χ2v) is 4.92. The standard InChI is InChI=1S/C7H12N4O4S/c1-4-6(5(7(12)13)9-8-4)16(14,15)10-11(2)3/h10H,1-3H3,(H,8,9)(H,12,13). The molecular formula is C7H12N4O4S. The SMILES string of the molecule is Cc1[nH]nc(C(=O)O)c1S(=O)(=O)NN(C)C. The third kappa shape index (κ3) is 2.38. The van der Waals surface area contributed by atoms with Crippen molar-refractivity contribution in [1.82, 2.24) is 20.0 Å². The van der Waals surface area contributed by atoms with Crippen molar-refractivity contribution in [2.24, 2.45) is 0 Å². The zero-order valence-electron chi connectivity index (χ0n) is 8.97. The summed E-state index contributed by atoms with van der Waals surface area (Å²) < 4.78 is 23.5. The average molecular weight is 248 g/mol. The summed E-state index contributed by atoms with van der Waals surface area (Å²) in [5.74, 6) is -1.40. The maximum atomic E-state index is 11.8. The first-order valence-electron chi connectivity index (χ1n) is 4.23. The van der Waals surface area contributed by atoms with Crippen molar-refractivity contribution < 1.29 is 18.3 Å². The fraction of sp³-hybridized carbons (Fsp3) is 0.429. The average Bonchev–Trinajstić information content (AvgIpc) is 2.44. The molecule has 1 aromatic rings. The number of hydrazine groups is 1. The first-order valence-corrected chi connectivity index (χ1v) is 5.72. The summed E-state index contributed by atoms with van der Waals surface area (Å²) >= 11 is 0. The number of aromatic amines is 1. The number of carbonyl (C=O) groups is 1. The van der Waals surface area contributed by atoms with Crippen LogP contribution in [0.15, 0.2) is 4.90 Å². The molecule has 0 amide bonds. The zero-order valence-corrected chi connectivity index (χ0v) is 9.79. The summed E-state index contributed by atoms with van der Waals surface area (Å²) in [6.07, 6.45) is 0. The van der Waals surface area contributed by atoms with Crippen LogP contribution in [0.25, 0.3) is 0 Å². The van der Waals surface area contributed by atoms with Gasteiger partial charge in [0.2, 0.25) is 0 Å². The van der Waals surface area contributed by atoms with E-state index in [1.54, 1.807) is 0 Å². The van der Waals surface area contributed by atoms with Crippen LogP contribution in [0.3, 0.4) is 0 Å². The van der Waals surface area contributed by atoms with Gasteiger partial charge in [0.15, 0.2) is 5.69 Å². The molecule has 0 aliphatic heterocycles. The Morgan fingerprint density at radius 1 is 1.50 bits per heavy atom. The molecule has 1 rings (SSSR count). The van der Waals surface area contributed by atoms with E-state index in [0.29, 0.717) is 0 Å². The molecule has 0 saturated carbocycles. The molecule has 8 nitrogen and oxygen atoms in total. The minimum absolute atomic E-state index is 0.173. The molecule has 0 radical (unpaired) electrons. The van der Waals surface area contributed by atoms with Crippen LogP contribution in [0.1, 0.15) is 16.2 Å². The number of sulfonamides is 1. The van der Waals surface area contributed by atoms with Crippen LogP contribution < -0.4 is 4.83 Å². The number of H-pyrrole nitrogens is 1. The van der Waals surface area contributed by atoms with Gasteiger partial charge in [-0.3, -0.25) is 5.10 Å². The van der Waals surface area contributed by atoms with E-state index in [0.717, 1.165) is 0 Å². The molecule has 0 aliphatic rings. The van der Waals surface area contributed by atoms with E-state index in [1.807, 2.05) is 0 Å². The minimum atomic E-state index is -3.92. The number of aromatic nitrogens is 2. The first kappa shape index (κ1) is 12.6. The number of aromatic carboxylic acids is 1. The monoisotopic (exact) mass is 248 g/mol. The molecule has 1 aromatic heterocycles. The second kappa shape index (κ2) is 4.20. The number of carboxylic acids is 1. The van der Waals surface area contributed by atoms with E-state index in [1.165, 1.54) is 26.0 Å². The van der Waals surface area contributed by atoms with Crippen molar-refractivity contribution in [3.8, 4) is 0 Å². The highest BCUT2D eigenvalue weighted by Crippen LogP contribution is 2.17. The molecule has 0 aliphatic carbocycles. The Hall–Kier alpha value is -1.45. The van der Waals surface area contributed by atoms with Crippen molar-refractivity contribution in [3.05, 3.63) is 11.4 Å². The van der Waals surface area contributed by atoms with Gasteiger partial charge in [0.05, 0.1) is 5.69 Å². The van der Waals surface area contributed by atoms with E-state index in [2.05, 4.69) is 15.0 Å². The minimum Gasteiger partial charge on any atom is -0.476 e. The summed E-state index contributed by atoms with van der Waals surface area (Å²) in [5, 5.41) is 15.7. The van der Waals surface area contributed by atoms with E-state index in [4.69, 9.17) is 5.11 Å². The summed E-state index contributed by atoms with van der Waals surface area (Å²) in [4.78, 5) is 12.6. The quantitative estimate of drug-likeness (QED) is 0.599. The molecule has 0 aromatic carbocycles. The van der Waals surface area contributed by atoms with E-state index < -0.39 is 21.7 Å². The molecule has 0 saturated heterocycles. The number of hydrogen-bond acceptors (Lipinski definition) is 5. The number of nitrogens with one attached hydrogen (secondary N) is 2. The lowest BCUT2D eigenvalue weighted by Crippen LogP contribution is -2.36. The summed E-state index contributed by atoms with van der Waals surface area (Å²) in [5.41, 5.74) is -0.349. The van der Waals surface area contributed by atoms with Crippen LogP contribution in [0.5, 0.6) is 0 Å². The van der Waals surface area contributed by atoms with Crippen LogP contribution in [0.2, 0.25) is 0 Å². The van der Waals surface area contributed by atoms with E-state index in [9.17, 15) is 13.2 Å². The Kier molecular flexibility index (Phi) is 3.31. The summed E-state index contributed by atoms with van der Waals surface area (Å²) in [6, 6.07) is 0. The fourth-order valence-corrected chi connectivity index (χ4v) is 2.59. The van der Waals surface area contributed by atoms with Crippen LogP contribution in [0.4, 0.5) is 0 Å². The molecule has 0 fully saturated rings. The van der Waals surface area contributed by atoms with Gasteiger partial charge < -0.3 is 5.11 Å². The highest BCUT2D eigenvalue weighted by atomic mass is 32.2. The Morgan fingerprint density at radius 2 is 2.06 bits per heavy atom. The van der Waals surface area contributed by atoms with Crippen molar-refractivity contribution in [1.29, 1.82) is 0 Å². The Bertz CT molecular complexity index is 504. The lowest BCUT2D eigenvalue weighted by Gasteiger charge is -2.12. The normalized spacial score (nSPS) is 12.0. The molecular weight excluding hydrogens is 236 g/mol. The van der Waals surface area contributed by atoms with E-state index in [-0.39, 0.29) is 10.6 Å². The van der Waals surface area contributed by atoms with Crippen molar-refractivity contribution in [2.45, 2.75) is 11.8 Å². The third-order valence-electron chi connectivity index (χ3n) is 1.67. The molecule has 1 heterocycles. The zero-order chi connectivity index (χ0) is 12.5. The van der Waals surface area contributed by atoms with E-state index >= 15 is 0 Å². The molecule has 0 bridgehead atoms. The van der Waals surface area contributed by atoms with Gasteiger partial charge in [-0.2, -0.15) is 5.10 Å². The largest absolute Gasteiger partial charge is 0.476 e. The van der Waals surface area contributed by atoms with Crippen LogP contribution in [-0.4, -0.2) is 48.8 Å². The predicted molar refractivity (Wildman–Crippen MR) is 54.3 cm³/mol. The number of carboxylic acid groups (broad SMARTS) is 1. The van der Waals surface area contributed by atoms with Crippen molar-refractivity contribution >= 4 is 16.0 Å². The number of rotatable bonds is 4. The van der Waals surface area contributed by atoms with Gasteiger partial charge in [-0.05, 0) is 6.92 Å². The van der Waals surface area contributed by atoms with Crippen LogP contribution in [0, 0.1) is 6.92 Å². The molecule has 0 spiro atoms. The Balaban J connectivity index is 3.32. The van der Waals surface area contributed by atoms with Crippen molar-refractivity contribution in [3.63, 3.8) is 0 Å². The summed E-state index contributed by atoms with van der Waals surface area (Å²) in [6.45, 7) is 1.43. The van der Waals surface area contributed by atoms with Crippen LogP contribution >= 0.6 is 0 Å². The third-order valence-corrected chi connectivity index (χ3v) is 3.31. The van der Waals surface area contributed by atoms with Gasteiger partial charge in [0, 0.05) is 14.1 Å². The highest BCUT2D eigenvalue weighted by Gasteiger charge is 2.28. The van der Waals surface area contributed by atoms with Crippen LogP contribution in [-0.2, 0) is 10.0 Å². The van der Waals surface area contributed by atoms with Crippen molar-refractivity contribution in [2.75, 3.05) is 14.1 Å². The highest BCUT2D eigenvalue weighted by molar-refractivity contribution is 7.89.